The number of aromatic nitrogens is 2. The Labute approximate surface area is 127 Å². The summed E-state index contributed by atoms with van der Waals surface area (Å²) in [4.78, 5) is 0. The van der Waals surface area contributed by atoms with Crippen LogP contribution in [0.2, 0.25) is 5.02 Å². The van der Waals surface area contributed by atoms with E-state index >= 15 is 0 Å². The zero-order valence-corrected chi connectivity index (χ0v) is 12.2. The van der Waals surface area contributed by atoms with Gasteiger partial charge < -0.3 is 10.5 Å². The van der Waals surface area contributed by atoms with E-state index in [4.69, 9.17) is 27.3 Å². The minimum atomic E-state index is -0.0881. The molecule has 5 nitrogen and oxygen atoms in total. The smallest absolute Gasteiger partial charge is 0.150 e. The second-order valence-corrected chi connectivity index (χ2v) is 5.42. The number of nitrogens with two attached hydrogens (primary N) is 1. The fourth-order valence-corrected chi connectivity index (χ4v) is 2.94. The molecule has 1 unspecified atom stereocenters. The minimum Gasteiger partial charge on any atom is -0.398 e. The van der Waals surface area contributed by atoms with Gasteiger partial charge in [-0.1, -0.05) is 11.6 Å². The molecule has 1 fully saturated rings. The van der Waals surface area contributed by atoms with E-state index in [2.05, 4.69) is 5.10 Å². The van der Waals surface area contributed by atoms with Crippen LogP contribution in [0.1, 0.15) is 31.1 Å². The summed E-state index contributed by atoms with van der Waals surface area (Å²) in [5.41, 5.74) is 8.50. The van der Waals surface area contributed by atoms with Crippen molar-refractivity contribution in [3.05, 3.63) is 35.0 Å². The van der Waals surface area contributed by atoms with E-state index in [1.165, 1.54) is 0 Å². The van der Waals surface area contributed by atoms with Crippen LogP contribution in [0.3, 0.4) is 0 Å². The molecular formula is C15H15ClN4O. The van der Waals surface area contributed by atoms with Crippen LogP contribution in [0, 0.1) is 11.3 Å². The van der Waals surface area contributed by atoms with Crippen molar-refractivity contribution >= 4 is 17.3 Å². The molecule has 2 N–H and O–H groups in total. The predicted molar refractivity (Wildman–Crippen MR) is 80.6 cm³/mol. The molecule has 1 atom stereocenters. The number of benzene rings is 1. The maximum atomic E-state index is 8.96. The van der Waals surface area contributed by atoms with Crippen molar-refractivity contribution < 1.29 is 4.74 Å². The molecule has 1 aliphatic heterocycles. The first-order valence-corrected chi connectivity index (χ1v) is 7.23. The van der Waals surface area contributed by atoms with Gasteiger partial charge in [0, 0.05) is 24.1 Å². The molecule has 1 saturated heterocycles. The van der Waals surface area contributed by atoms with Gasteiger partial charge in [-0.05, 0) is 37.5 Å². The molecule has 0 bridgehead atoms. The number of nitriles is 1. The van der Waals surface area contributed by atoms with Crippen LogP contribution in [-0.4, -0.2) is 16.4 Å². The topological polar surface area (TPSA) is 76.9 Å². The highest BCUT2D eigenvalue weighted by molar-refractivity contribution is 6.34. The highest BCUT2D eigenvalue weighted by Crippen LogP contribution is 2.36. The number of hydrogen-bond donors (Lipinski definition) is 1. The van der Waals surface area contributed by atoms with Crippen molar-refractivity contribution in [3.8, 4) is 17.3 Å². The van der Waals surface area contributed by atoms with E-state index in [1.54, 1.807) is 18.3 Å². The van der Waals surface area contributed by atoms with Crippen molar-refractivity contribution in [2.24, 2.45) is 0 Å². The van der Waals surface area contributed by atoms with Gasteiger partial charge in [-0.25, -0.2) is 4.68 Å². The summed E-state index contributed by atoms with van der Waals surface area (Å²) in [6.07, 6.45) is 4.73. The molecule has 108 valence electrons. The van der Waals surface area contributed by atoms with Gasteiger partial charge in [-0.2, -0.15) is 10.4 Å². The van der Waals surface area contributed by atoms with E-state index in [-0.39, 0.29) is 6.23 Å². The van der Waals surface area contributed by atoms with Crippen LogP contribution in [0.25, 0.3) is 11.3 Å². The fourth-order valence-electron chi connectivity index (χ4n) is 2.62. The van der Waals surface area contributed by atoms with E-state index in [1.807, 2.05) is 16.8 Å². The lowest BCUT2D eigenvalue weighted by atomic mass is 10.1. The normalized spacial score (nSPS) is 18.4. The first-order valence-electron chi connectivity index (χ1n) is 6.85. The summed E-state index contributed by atoms with van der Waals surface area (Å²) >= 11 is 6.30. The summed E-state index contributed by atoms with van der Waals surface area (Å²) in [5, 5.41) is 13.8. The average molecular weight is 303 g/mol. The van der Waals surface area contributed by atoms with Crippen LogP contribution in [-0.2, 0) is 4.74 Å². The zero-order valence-electron chi connectivity index (χ0n) is 11.4. The molecule has 6 heteroatoms. The second kappa shape index (κ2) is 5.76. The van der Waals surface area contributed by atoms with Crippen molar-refractivity contribution in [1.29, 1.82) is 5.26 Å². The molecule has 3 rings (SSSR count). The van der Waals surface area contributed by atoms with Gasteiger partial charge in [0.2, 0.25) is 0 Å². The van der Waals surface area contributed by atoms with E-state index in [0.29, 0.717) is 21.8 Å². The summed E-state index contributed by atoms with van der Waals surface area (Å²) in [7, 11) is 0. The van der Waals surface area contributed by atoms with Gasteiger partial charge in [0.25, 0.3) is 0 Å². The van der Waals surface area contributed by atoms with Gasteiger partial charge in [-0.15, -0.1) is 0 Å². The third kappa shape index (κ3) is 2.60. The van der Waals surface area contributed by atoms with E-state index in [9.17, 15) is 0 Å². The summed E-state index contributed by atoms with van der Waals surface area (Å²) in [6, 6.07) is 7.15. The lowest BCUT2D eigenvalue weighted by molar-refractivity contribution is -0.0383. The molecule has 0 radical (unpaired) electrons. The molecule has 1 aromatic carbocycles. The summed E-state index contributed by atoms with van der Waals surface area (Å²) < 4.78 is 7.60. The Morgan fingerprint density at radius 2 is 2.29 bits per heavy atom. The minimum absolute atomic E-state index is 0.0881. The maximum Gasteiger partial charge on any atom is 0.150 e. The zero-order chi connectivity index (χ0) is 14.8. The summed E-state index contributed by atoms with van der Waals surface area (Å²) in [5.74, 6) is 0. The molecule has 2 heterocycles. The van der Waals surface area contributed by atoms with E-state index < -0.39 is 0 Å². The number of nitrogen functional groups attached to an aromatic ring is 1. The Morgan fingerprint density at radius 3 is 2.95 bits per heavy atom. The second-order valence-electron chi connectivity index (χ2n) is 5.02. The van der Waals surface area contributed by atoms with Crippen LogP contribution < -0.4 is 5.73 Å². The van der Waals surface area contributed by atoms with Gasteiger partial charge >= 0.3 is 0 Å². The Balaban J connectivity index is 2.06. The predicted octanol–water partition coefficient (Wildman–Crippen LogP) is 3.36. The number of rotatable bonds is 2. The van der Waals surface area contributed by atoms with Crippen LogP contribution in [0.15, 0.2) is 24.4 Å². The average Bonchev–Trinajstić information content (AvgIpc) is 2.96. The number of nitrogens with zero attached hydrogens (tertiary/aromatic N) is 3. The first kappa shape index (κ1) is 13.9. The quantitative estimate of drug-likeness (QED) is 0.863. The molecular weight excluding hydrogens is 288 g/mol. The van der Waals surface area contributed by atoms with Gasteiger partial charge in [0.1, 0.15) is 0 Å². The lowest BCUT2D eigenvalue weighted by Gasteiger charge is -2.25. The molecule has 1 aliphatic rings. The molecule has 0 aliphatic carbocycles. The van der Waals surface area contributed by atoms with Gasteiger partial charge in [0.05, 0.1) is 22.3 Å². The largest absolute Gasteiger partial charge is 0.398 e. The van der Waals surface area contributed by atoms with Crippen molar-refractivity contribution in [2.45, 2.75) is 25.5 Å². The Hall–Kier alpha value is -2.03. The Bertz CT molecular complexity index is 675. The van der Waals surface area contributed by atoms with Crippen LogP contribution in [0.5, 0.6) is 0 Å². The number of ether oxygens (including phenoxy) is 1. The Morgan fingerprint density at radius 1 is 1.43 bits per heavy atom. The monoisotopic (exact) mass is 302 g/mol. The highest BCUT2D eigenvalue weighted by atomic mass is 35.5. The molecule has 0 amide bonds. The number of halogens is 1. The standard InChI is InChI=1S/C15H15ClN4O/c16-11-7-10(9-17)8-12(18)15(11)13-4-5-19-20(13)14-3-1-2-6-21-14/h4-5,7-8,14H,1-3,6,18H2. The lowest BCUT2D eigenvalue weighted by Crippen LogP contribution is -2.20. The maximum absolute atomic E-state index is 8.96. The third-order valence-corrected chi connectivity index (χ3v) is 3.90. The summed E-state index contributed by atoms with van der Waals surface area (Å²) in [6.45, 7) is 0.737. The number of hydrogen-bond acceptors (Lipinski definition) is 4. The highest BCUT2D eigenvalue weighted by Gasteiger charge is 2.22. The molecule has 1 aromatic heterocycles. The Kier molecular flexibility index (Phi) is 3.82. The van der Waals surface area contributed by atoms with Gasteiger partial charge in [0.15, 0.2) is 6.23 Å². The van der Waals surface area contributed by atoms with Gasteiger partial charge in [-0.3, -0.25) is 0 Å². The van der Waals surface area contributed by atoms with Crippen molar-refractivity contribution in [3.63, 3.8) is 0 Å². The third-order valence-electron chi connectivity index (χ3n) is 3.60. The van der Waals surface area contributed by atoms with E-state index in [0.717, 1.165) is 31.6 Å². The number of anilines is 1. The first-order chi connectivity index (χ1) is 10.2. The molecule has 21 heavy (non-hydrogen) atoms. The van der Waals surface area contributed by atoms with Crippen LogP contribution in [0.4, 0.5) is 5.69 Å². The molecule has 2 aromatic rings. The fraction of sp³-hybridized carbons (Fsp3) is 0.333. The molecule has 0 spiro atoms. The van der Waals surface area contributed by atoms with Crippen molar-refractivity contribution in [1.82, 2.24) is 9.78 Å². The SMILES string of the molecule is N#Cc1cc(N)c(-c2ccnn2C2CCCCO2)c(Cl)c1. The van der Waals surface area contributed by atoms with Crippen molar-refractivity contribution in [2.75, 3.05) is 12.3 Å². The molecule has 0 saturated carbocycles. The van der Waals surface area contributed by atoms with Crippen LogP contribution >= 0.6 is 11.6 Å².